The molecule has 2 aliphatic heterocycles. The monoisotopic (exact) mass is 212 g/mol. The summed E-state index contributed by atoms with van der Waals surface area (Å²) < 4.78 is 5.93. The Balaban J connectivity index is 1.85. The summed E-state index contributed by atoms with van der Waals surface area (Å²) in [6, 6.07) is 0.665. The van der Waals surface area contributed by atoms with Crippen LogP contribution in [0.25, 0.3) is 0 Å². The van der Waals surface area contributed by atoms with Crippen molar-refractivity contribution in [2.24, 2.45) is 5.92 Å². The molecule has 15 heavy (non-hydrogen) atoms. The minimum absolute atomic E-state index is 0.489. The Morgan fingerprint density at radius 3 is 2.67 bits per heavy atom. The molecule has 0 aromatic carbocycles. The van der Waals surface area contributed by atoms with E-state index in [1.165, 1.54) is 25.9 Å². The highest BCUT2D eigenvalue weighted by atomic mass is 16.5. The fraction of sp³-hybridized carbons (Fsp3) is 1.00. The van der Waals surface area contributed by atoms with E-state index in [0.717, 1.165) is 25.6 Å². The molecule has 0 spiro atoms. The Morgan fingerprint density at radius 2 is 2.00 bits per heavy atom. The van der Waals surface area contributed by atoms with Crippen LogP contribution in [0.15, 0.2) is 0 Å². The predicted molar refractivity (Wildman–Crippen MR) is 62.0 cm³/mol. The Bertz CT molecular complexity index is 190. The Labute approximate surface area is 93.2 Å². The maximum Gasteiger partial charge on any atom is 0.0731 e. The van der Waals surface area contributed by atoms with Gasteiger partial charge in [0.1, 0.15) is 0 Å². The topological polar surface area (TPSA) is 24.5 Å². The molecule has 2 saturated heterocycles. The van der Waals surface area contributed by atoms with Crippen molar-refractivity contribution < 1.29 is 4.74 Å². The second-order valence-corrected chi connectivity index (χ2v) is 5.09. The number of piperidine rings is 1. The van der Waals surface area contributed by atoms with Gasteiger partial charge in [-0.25, -0.2) is 0 Å². The molecule has 1 N–H and O–H groups in total. The first kappa shape index (κ1) is 11.4. The molecule has 1 unspecified atom stereocenters. The molecule has 0 bridgehead atoms. The molecule has 2 fully saturated rings. The molecule has 0 amide bonds. The van der Waals surface area contributed by atoms with Crippen LogP contribution in [0.1, 0.15) is 26.7 Å². The van der Waals surface area contributed by atoms with Gasteiger partial charge in [-0.3, -0.25) is 4.90 Å². The zero-order valence-corrected chi connectivity index (χ0v) is 10.0. The summed E-state index contributed by atoms with van der Waals surface area (Å²) in [6.45, 7) is 10.1. The normalized spacial score (nSPS) is 31.0. The minimum Gasteiger partial charge on any atom is -0.375 e. The van der Waals surface area contributed by atoms with Gasteiger partial charge in [0, 0.05) is 19.1 Å². The highest BCUT2D eigenvalue weighted by molar-refractivity contribution is 4.82. The van der Waals surface area contributed by atoms with Crippen molar-refractivity contribution in [1.29, 1.82) is 0 Å². The van der Waals surface area contributed by atoms with Gasteiger partial charge < -0.3 is 10.1 Å². The summed E-state index contributed by atoms with van der Waals surface area (Å²) >= 11 is 0. The smallest absolute Gasteiger partial charge is 0.0731 e. The number of hydrogen-bond acceptors (Lipinski definition) is 3. The van der Waals surface area contributed by atoms with Gasteiger partial charge in [0.2, 0.25) is 0 Å². The fourth-order valence-corrected chi connectivity index (χ4v) is 2.67. The van der Waals surface area contributed by atoms with Crippen molar-refractivity contribution in [1.82, 2.24) is 10.2 Å². The Morgan fingerprint density at radius 1 is 1.27 bits per heavy atom. The van der Waals surface area contributed by atoms with E-state index in [1.807, 2.05) is 0 Å². The van der Waals surface area contributed by atoms with E-state index in [2.05, 4.69) is 24.1 Å². The van der Waals surface area contributed by atoms with Crippen LogP contribution in [0.5, 0.6) is 0 Å². The predicted octanol–water partition coefficient (Wildman–Crippen LogP) is 1.10. The maximum absolute atomic E-state index is 5.93. The summed E-state index contributed by atoms with van der Waals surface area (Å²) in [5.74, 6) is 0.785. The van der Waals surface area contributed by atoms with Crippen LogP contribution in [0, 0.1) is 5.92 Å². The SMILES string of the molecule is CC(C)N1CCOC(C2CCNCC2)C1. The third-order valence-corrected chi connectivity index (χ3v) is 3.76. The van der Waals surface area contributed by atoms with Crippen molar-refractivity contribution >= 4 is 0 Å². The summed E-state index contributed by atoms with van der Waals surface area (Å²) in [6.07, 6.45) is 3.07. The average molecular weight is 212 g/mol. The van der Waals surface area contributed by atoms with Crippen LogP contribution < -0.4 is 5.32 Å². The lowest BCUT2D eigenvalue weighted by molar-refractivity contribution is -0.0712. The lowest BCUT2D eigenvalue weighted by Crippen LogP contribution is -2.50. The van der Waals surface area contributed by atoms with Gasteiger partial charge in [-0.05, 0) is 45.7 Å². The lowest BCUT2D eigenvalue weighted by atomic mass is 9.91. The quantitative estimate of drug-likeness (QED) is 0.742. The van der Waals surface area contributed by atoms with E-state index < -0.39 is 0 Å². The van der Waals surface area contributed by atoms with Crippen molar-refractivity contribution in [3.8, 4) is 0 Å². The van der Waals surface area contributed by atoms with Gasteiger partial charge in [0.25, 0.3) is 0 Å². The zero-order valence-electron chi connectivity index (χ0n) is 10.0. The molecule has 1 atom stereocenters. The van der Waals surface area contributed by atoms with Gasteiger partial charge >= 0.3 is 0 Å². The van der Waals surface area contributed by atoms with Gasteiger partial charge in [-0.2, -0.15) is 0 Å². The summed E-state index contributed by atoms with van der Waals surface area (Å²) in [5.41, 5.74) is 0. The second kappa shape index (κ2) is 5.28. The first-order chi connectivity index (χ1) is 7.27. The molecule has 0 saturated carbocycles. The first-order valence-corrected chi connectivity index (χ1v) is 6.33. The first-order valence-electron chi connectivity index (χ1n) is 6.33. The van der Waals surface area contributed by atoms with Crippen molar-refractivity contribution in [2.75, 3.05) is 32.8 Å². The molecule has 0 aromatic heterocycles. The molecular weight excluding hydrogens is 188 g/mol. The molecular formula is C12H24N2O. The van der Waals surface area contributed by atoms with Gasteiger partial charge in [-0.1, -0.05) is 0 Å². The van der Waals surface area contributed by atoms with Crippen LogP contribution in [0.4, 0.5) is 0 Å². The van der Waals surface area contributed by atoms with Crippen molar-refractivity contribution in [2.45, 2.75) is 38.8 Å². The molecule has 3 nitrogen and oxygen atoms in total. The van der Waals surface area contributed by atoms with Crippen LogP contribution in [-0.4, -0.2) is 49.8 Å². The standard InChI is InChI=1S/C12H24N2O/c1-10(2)14-7-8-15-12(9-14)11-3-5-13-6-4-11/h10-13H,3-9H2,1-2H3. The molecule has 2 aliphatic rings. The van der Waals surface area contributed by atoms with Gasteiger partial charge in [-0.15, -0.1) is 0 Å². The van der Waals surface area contributed by atoms with E-state index in [0.29, 0.717) is 12.1 Å². The highest BCUT2D eigenvalue weighted by Crippen LogP contribution is 2.22. The number of nitrogens with one attached hydrogen (secondary N) is 1. The van der Waals surface area contributed by atoms with Gasteiger partial charge in [0.15, 0.2) is 0 Å². The maximum atomic E-state index is 5.93. The summed E-state index contributed by atoms with van der Waals surface area (Å²) in [4.78, 5) is 2.55. The number of nitrogens with zero attached hydrogens (tertiary/aromatic N) is 1. The van der Waals surface area contributed by atoms with E-state index in [1.54, 1.807) is 0 Å². The summed E-state index contributed by atoms with van der Waals surface area (Å²) in [5, 5.41) is 3.42. The van der Waals surface area contributed by atoms with E-state index >= 15 is 0 Å². The van der Waals surface area contributed by atoms with Crippen LogP contribution in [0.3, 0.4) is 0 Å². The van der Waals surface area contributed by atoms with Crippen molar-refractivity contribution in [3.63, 3.8) is 0 Å². The van der Waals surface area contributed by atoms with Crippen LogP contribution in [-0.2, 0) is 4.74 Å². The number of rotatable bonds is 2. The molecule has 88 valence electrons. The average Bonchev–Trinajstić information content (AvgIpc) is 2.30. The Hall–Kier alpha value is -0.120. The number of ether oxygens (including phenoxy) is 1. The molecule has 2 rings (SSSR count). The molecule has 0 aliphatic carbocycles. The van der Waals surface area contributed by atoms with E-state index in [9.17, 15) is 0 Å². The fourth-order valence-electron chi connectivity index (χ4n) is 2.67. The van der Waals surface area contributed by atoms with Crippen LogP contribution in [0.2, 0.25) is 0 Å². The van der Waals surface area contributed by atoms with E-state index in [4.69, 9.17) is 4.74 Å². The van der Waals surface area contributed by atoms with Crippen LogP contribution >= 0.6 is 0 Å². The van der Waals surface area contributed by atoms with Crippen molar-refractivity contribution in [3.05, 3.63) is 0 Å². The molecule has 2 heterocycles. The largest absolute Gasteiger partial charge is 0.375 e. The second-order valence-electron chi connectivity index (χ2n) is 5.09. The third-order valence-electron chi connectivity index (χ3n) is 3.76. The van der Waals surface area contributed by atoms with E-state index in [-0.39, 0.29) is 0 Å². The molecule has 3 heteroatoms. The summed E-state index contributed by atoms with van der Waals surface area (Å²) in [7, 11) is 0. The zero-order chi connectivity index (χ0) is 10.7. The van der Waals surface area contributed by atoms with Gasteiger partial charge in [0.05, 0.1) is 12.7 Å². The molecule has 0 radical (unpaired) electrons. The Kier molecular flexibility index (Phi) is 4.00. The number of morpholine rings is 1. The third kappa shape index (κ3) is 2.92. The minimum atomic E-state index is 0.489. The lowest BCUT2D eigenvalue weighted by Gasteiger charge is -2.40. The number of hydrogen-bond donors (Lipinski definition) is 1. The molecule has 0 aromatic rings. The highest BCUT2D eigenvalue weighted by Gasteiger charge is 2.29.